The highest BCUT2D eigenvalue weighted by molar-refractivity contribution is 5.87. The van der Waals surface area contributed by atoms with Crippen molar-refractivity contribution in [2.75, 3.05) is 6.61 Å². The van der Waals surface area contributed by atoms with E-state index in [-0.39, 0.29) is 5.57 Å². The summed E-state index contributed by atoms with van der Waals surface area (Å²) in [7, 11) is 0. The second-order valence-electron chi connectivity index (χ2n) is 1.76. The van der Waals surface area contributed by atoms with E-state index in [4.69, 9.17) is 5.11 Å². The molecule has 0 aromatic rings. The molecule has 0 aromatic carbocycles. The molecule has 0 aromatic heterocycles. The minimum absolute atomic E-state index is 0.107. The number of rotatable bonds is 2. The van der Waals surface area contributed by atoms with Crippen LogP contribution in [0, 0.1) is 0 Å². The highest BCUT2D eigenvalue weighted by Gasteiger charge is 2.07. The van der Waals surface area contributed by atoms with Gasteiger partial charge < -0.3 is 5.11 Å². The molecule has 0 amide bonds. The first kappa shape index (κ1) is 9.64. The fourth-order valence-electron chi connectivity index (χ4n) is 0.182. The number of carbonyl (C=O) groups is 2. The third-order valence-electron chi connectivity index (χ3n) is 0.688. The maximum absolute atomic E-state index is 10.5. The van der Waals surface area contributed by atoms with Gasteiger partial charge in [-0.3, -0.25) is 0 Å². The first-order valence-electron chi connectivity index (χ1n) is 2.76. The molecule has 11 heavy (non-hydrogen) atoms. The summed E-state index contributed by atoms with van der Waals surface area (Å²) in [6.45, 7) is 3.80. The number of aliphatic hydroxyl groups excluding tert-OH is 1. The van der Waals surface area contributed by atoms with E-state index in [2.05, 4.69) is 16.4 Å². The van der Waals surface area contributed by atoms with Crippen molar-refractivity contribution in [2.24, 2.45) is 0 Å². The van der Waals surface area contributed by atoms with Gasteiger partial charge in [-0.1, -0.05) is 6.58 Å². The Morgan fingerprint density at radius 2 is 2.00 bits per heavy atom. The first-order chi connectivity index (χ1) is 5.07. The zero-order valence-corrected chi connectivity index (χ0v) is 5.99. The summed E-state index contributed by atoms with van der Waals surface area (Å²) in [6, 6.07) is 0. The van der Waals surface area contributed by atoms with E-state index in [1.807, 2.05) is 0 Å². The number of hydrogen-bond acceptors (Lipinski definition) is 5. The third kappa shape index (κ3) is 4.10. The molecule has 0 bridgehead atoms. The lowest BCUT2D eigenvalue weighted by Crippen LogP contribution is -2.14. The SMILES string of the molecule is C=C(C)C(=O)OOC(=O)CO. The second kappa shape index (κ2) is 4.45. The van der Waals surface area contributed by atoms with Gasteiger partial charge in [0.25, 0.3) is 0 Å². The van der Waals surface area contributed by atoms with Crippen LogP contribution >= 0.6 is 0 Å². The van der Waals surface area contributed by atoms with Gasteiger partial charge >= 0.3 is 11.9 Å². The Hall–Kier alpha value is -1.36. The van der Waals surface area contributed by atoms with Gasteiger partial charge in [0.1, 0.15) is 6.61 Å². The molecular weight excluding hydrogens is 152 g/mol. The molecule has 0 saturated carbocycles. The van der Waals surface area contributed by atoms with Gasteiger partial charge in [0.2, 0.25) is 0 Å². The third-order valence-corrected chi connectivity index (χ3v) is 0.688. The minimum Gasteiger partial charge on any atom is -0.384 e. The number of aliphatic hydroxyl groups is 1. The fraction of sp³-hybridized carbons (Fsp3) is 0.333. The van der Waals surface area contributed by atoms with Crippen LogP contribution in [-0.4, -0.2) is 23.7 Å². The number of carbonyl (C=O) groups excluding carboxylic acids is 2. The van der Waals surface area contributed by atoms with Gasteiger partial charge in [-0.2, -0.15) is 0 Å². The van der Waals surface area contributed by atoms with Crippen molar-refractivity contribution in [1.29, 1.82) is 0 Å². The van der Waals surface area contributed by atoms with Crippen LogP contribution < -0.4 is 0 Å². The molecule has 0 atom stereocenters. The fourth-order valence-corrected chi connectivity index (χ4v) is 0.182. The highest BCUT2D eigenvalue weighted by atomic mass is 17.2. The number of hydrogen-bond donors (Lipinski definition) is 1. The maximum atomic E-state index is 10.5. The highest BCUT2D eigenvalue weighted by Crippen LogP contribution is 1.92. The molecular formula is C6H8O5. The Bertz CT molecular complexity index is 183. The zero-order chi connectivity index (χ0) is 8.85. The Labute approximate surface area is 63.1 Å². The van der Waals surface area contributed by atoms with Crippen LogP contribution in [0.4, 0.5) is 0 Å². The molecule has 5 heteroatoms. The molecule has 1 N–H and O–H groups in total. The van der Waals surface area contributed by atoms with Crippen LogP contribution in [0.15, 0.2) is 12.2 Å². The van der Waals surface area contributed by atoms with E-state index in [0.29, 0.717) is 0 Å². The predicted molar refractivity (Wildman–Crippen MR) is 34.1 cm³/mol. The lowest BCUT2D eigenvalue weighted by atomic mass is 10.4. The van der Waals surface area contributed by atoms with E-state index < -0.39 is 18.5 Å². The Morgan fingerprint density at radius 1 is 1.45 bits per heavy atom. The topological polar surface area (TPSA) is 72.8 Å². The van der Waals surface area contributed by atoms with E-state index in [1.165, 1.54) is 6.92 Å². The molecule has 0 saturated heterocycles. The van der Waals surface area contributed by atoms with Gasteiger partial charge in [-0.25, -0.2) is 19.4 Å². The molecule has 0 fully saturated rings. The molecule has 0 aliphatic heterocycles. The van der Waals surface area contributed by atoms with Crippen LogP contribution in [0.3, 0.4) is 0 Å². The van der Waals surface area contributed by atoms with Crippen LogP contribution in [0.2, 0.25) is 0 Å². The lowest BCUT2D eigenvalue weighted by Gasteiger charge is -1.99. The first-order valence-corrected chi connectivity index (χ1v) is 2.76. The van der Waals surface area contributed by atoms with Crippen molar-refractivity contribution in [3.05, 3.63) is 12.2 Å². The summed E-state index contributed by atoms with van der Waals surface area (Å²) < 4.78 is 0. The average Bonchev–Trinajstić information content (AvgIpc) is 1.99. The molecule has 0 rings (SSSR count). The lowest BCUT2D eigenvalue weighted by molar-refractivity contribution is -0.257. The van der Waals surface area contributed by atoms with E-state index in [0.717, 1.165) is 0 Å². The Balaban J connectivity index is 3.63. The van der Waals surface area contributed by atoms with Gasteiger partial charge in [-0.05, 0) is 6.92 Å². The molecule has 0 radical (unpaired) electrons. The molecule has 62 valence electrons. The minimum atomic E-state index is -1.03. The van der Waals surface area contributed by atoms with Crippen LogP contribution in [0.25, 0.3) is 0 Å². The average molecular weight is 160 g/mol. The largest absolute Gasteiger partial charge is 0.384 e. The zero-order valence-electron chi connectivity index (χ0n) is 5.99. The molecule has 0 aliphatic carbocycles. The van der Waals surface area contributed by atoms with Gasteiger partial charge in [0.05, 0.1) is 0 Å². The normalized spacial score (nSPS) is 8.55. The van der Waals surface area contributed by atoms with Crippen molar-refractivity contribution < 1.29 is 24.5 Å². The van der Waals surface area contributed by atoms with Crippen molar-refractivity contribution in [3.8, 4) is 0 Å². The molecule has 0 unspecified atom stereocenters. The van der Waals surface area contributed by atoms with Crippen molar-refractivity contribution >= 4 is 11.9 Å². The molecule has 5 nitrogen and oxygen atoms in total. The van der Waals surface area contributed by atoms with Gasteiger partial charge in [0, 0.05) is 5.57 Å². The van der Waals surface area contributed by atoms with E-state index in [1.54, 1.807) is 0 Å². The van der Waals surface area contributed by atoms with E-state index in [9.17, 15) is 9.59 Å². The summed E-state index contributed by atoms with van der Waals surface area (Å²) in [5.74, 6) is -1.87. The van der Waals surface area contributed by atoms with Gasteiger partial charge in [-0.15, -0.1) is 0 Å². The molecule has 0 spiro atoms. The Kier molecular flexibility index (Phi) is 3.90. The maximum Gasteiger partial charge on any atom is 0.381 e. The second-order valence-corrected chi connectivity index (χ2v) is 1.76. The Morgan fingerprint density at radius 3 is 2.36 bits per heavy atom. The van der Waals surface area contributed by atoms with Crippen molar-refractivity contribution in [1.82, 2.24) is 0 Å². The molecule has 0 aliphatic rings. The summed E-state index contributed by atoms with van der Waals surface area (Å²) in [5.41, 5.74) is 0.107. The van der Waals surface area contributed by atoms with Crippen LogP contribution in [-0.2, 0) is 19.4 Å². The summed E-state index contributed by atoms with van der Waals surface area (Å²) in [4.78, 5) is 28.4. The smallest absolute Gasteiger partial charge is 0.381 e. The summed E-state index contributed by atoms with van der Waals surface area (Å²) >= 11 is 0. The van der Waals surface area contributed by atoms with Crippen LogP contribution in [0.1, 0.15) is 6.92 Å². The quantitative estimate of drug-likeness (QED) is 0.336. The predicted octanol–water partition coefficient (Wildman–Crippen LogP) is -0.444. The van der Waals surface area contributed by atoms with E-state index >= 15 is 0 Å². The van der Waals surface area contributed by atoms with Crippen LogP contribution in [0.5, 0.6) is 0 Å². The monoisotopic (exact) mass is 160 g/mol. The summed E-state index contributed by atoms with van der Waals surface area (Å²) in [5, 5.41) is 8.10. The standard InChI is InChI=1S/C6H8O5/c1-4(2)6(9)11-10-5(8)3-7/h7H,1,3H2,2H3. The van der Waals surface area contributed by atoms with Crippen molar-refractivity contribution in [2.45, 2.75) is 6.92 Å². The van der Waals surface area contributed by atoms with Crippen molar-refractivity contribution in [3.63, 3.8) is 0 Å². The molecule has 0 heterocycles. The summed E-state index contributed by atoms with van der Waals surface area (Å²) in [6.07, 6.45) is 0. The van der Waals surface area contributed by atoms with Gasteiger partial charge in [0.15, 0.2) is 0 Å².